The van der Waals surface area contributed by atoms with E-state index in [0.717, 1.165) is 29.1 Å². The fourth-order valence-corrected chi connectivity index (χ4v) is 3.76. The first-order valence-electron chi connectivity index (χ1n) is 8.66. The number of rotatable bonds is 4. The Morgan fingerprint density at radius 2 is 2.04 bits per heavy atom. The van der Waals surface area contributed by atoms with E-state index in [2.05, 4.69) is 25.7 Å². The van der Waals surface area contributed by atoms with Crippen LogP contribution in [-0.2, 0) is 0 Å². The Balaban J connectivity index is 1.48. The van der Waals surface area contributed by atoms with Crippen molar-refractivity contribution in [2.24, 2.45) is 0 Å². The van der Waals surface area contributed by atoms with E-state index >= 15 is 0 Å². The summed E-state index contributed by atoms with van der Waals surface area (Å²) >= 11 is 1.33. The van der Waals surface area contributed by atoms with Crippen molar-refractivity contribution in [3.05, 3.63) is 53.3 Å². The zero-order valence-electron chi connectivity index (χ0n) is 14.5. The molecule has 3 aromatic heterocycles. The van der Waals surface area contributed by atoms with Crippen LogP contribution in [0.2, 0.25) is 0 Å². The molecule has 1 N–H and O–H groups in total. The number of amides is 1. The van der Waals surface area contributed by atoms with E-state index in [0.29, 0.717) is 33.4 Å². The topological polar surface area (TPSA) is 93.8 Å². The molecule has 0 spiro atoms. The molecule has 4 aromatic rings. The fourth-order valence-electron chi connectivity index (χ4n) is 3.02. The smallest absolute Gasteiger partial charge is 0.259 e. The number of carbonyl (C=O) groups is 1. The van der Waals surface area contributed by atoms with Gasteiger partial charge in [0, 0.05) is 17.2 Å². The number of nitrogens with zero attached hydrogens (tertiary/aromatic N) is 4. The molecule has 0 saturated heterocycles. The first-order chi connectivity index (χ1) is 13.2. The van der Waals surface area contributed by atoms with Gasteiger partial charge in [-0.15, -0.1) is 10.2 Å². The van der Waals surface area contributed by atoms with Crippen LogP contribution in [-0.4, -0.2) is 26.2 Å². The fraction of sp³-hybridized carbons (Fsp3) is 0.211. The van der Waals surface area contributed by atoms with Gasteiger partial charge in [-0.2, -0.15) is 0 Å². The summed E-state index contributed by atoms with van der Waals surface area (Å²) in [6.45, 7) is 1.81. The van der Waals surface area contributed by atoms with Gasteiger partial charge in [0.25, 0.3) is 11.6 Å². The highest BCUT2D eigenvalue weighted by molar-refractivity contribution is 7.18. The van der Waals surface area contributed by atoms with Gasteiger partial charge in [0.15, 0.2) is 0 Å². The summed E-state index contributed by atoms with van der Waals surface area (Å²) in [6, 6.07) is 11.6. The van der Waals surface area contributed by atoms with Crippen molar-refractivity contribution in [3.63, 3.8) is 0 Å². The van der Waals surface area contributed by atoms with Crippen LogP contribution in [0.15, 0.2) is 40.9 Å². The van der Waals surface area contributed by atoms with Crippen molar-refractivity contribution < 1.29 is 9.32 Å². The minimum atomic E-state index is -0.258. The first-order valence-corrected chi connectivity index (χ1v) is 9.48. The van der Waals surface area contributed by atoms with Gasteiger partial charge in [-0.3, -0.25) is 10.1 Å². The zero-order chi connectivity index (χ0) is 18.4. The van der Waals surface area contributed by atoms with Crippen molar-refractivity contribution in [1.82, 2.24) is 20.3 Å². The number of carbonyl (C=O) groups excluding carboxylic acids is 1. The van der Waals surface area contributed by atoms with Crippen molar-refractivity contribution in [3.8, 4) is 10.6 Å². The van der Waals surface area contributed by atoms with Crippen LogP contribution in [0.1, 0.15) is 40.5 Å². The van der Waals surface area contributed by atoms with Gasteiger partial charge in [-0.25, -0.2) is 4.98 Å². The molecular formula is C19H15N5O2S. The molecule has 1 amide bonds. The summed E-state index contributed by atoms with van der Waals surface area (Å²) in [7, 11) is 0. The quantitative estimate of drug-likeness (QED) is 0.573. The summed E-state index contributed by atoms with van der Waals surface area (Å²) in [4.78, 5) is 17.5. The lowest BCUT2D eigenvalue weighted by molar-refractivity contribution is 0.102. The largest absolute Gasteiger partial charge is 0.336 e. The Kier molecular flexibility index (Phi) is 3.71. The molecule has 3 heterocycles. The Bertz CT molecular complexity index is 1150. The molecule has 0 atom stereocenters. The normalized spacial score (nSPS) is 13.8. The molecule has 1 aliphatic carbocycles. The molecule has 134 valence electrons. The Hall–Kier alpha value is -3.13. The maximum Gasteiger partial charge on any atom is 0.259 e. The molecule has 0 unspecified atom stereocenters. The molecule has 0 bridgehead atoms. The third kappa shape index (κ3) is 2.97. The number of nitrogens with one attached hydrogen (secondary N) is 1. The van der Waals surface area contributed by atoms with Gasteiger partial charge in [0.05, 0.1) is 16.6 Å². The SMILES string of the molecule is Cc1noc2nc(C3CC3)cc(C(=O)Nc3nnc(-c4ccccc4)s3)c12. The highest BCUT2D eigenvalue weighted by Gasteiger charge is 2.28. The second kappa shape index (κ2) is 6.24. The Morgan fingerprint density at radius 3 is 2.81 bits per heavy atom. The highest BCUT2D eigenvalue weighted by Crippen LogP contribution is 2.40. The van der Waals surface area contributed by atoms with Crippen molar-refractivity contribution in [2.45, 2.75) is 25.7 Å². The number of anilines is 1. The summed E-state index contributed by atoms with van der Waals surface area (Å²) in [5.41, 5.74) is 3.41. The van der Waals surface area contributed by atoms with Crippen LogP contribution in [0.5, 0.6) is 0 Å². The highest BCUT2D eigenvalue weighted by atomic mass is 32.1. The van der Waals surface area contributed by atoms with Crippen LogP contribution in [0.25, 0.3) is 21.7 Å². The maximum absolute atomic E-state index is 12.9. The standard InChI is InChI=1S/C19H15N5O2S/c1-10-15-13(9-14(11-7-8-11)20-17(15)26-24-10)16(25)21-19-23-22-18(27-19)12-5-3-2-4-6-12/h2-6,9,11H,7-8H2,1H3,(H,21,23,25). The summed E-state index contributed by atoms with van der Waals surface area (Å²) in [5.74, 6) is 0.143. The minimum absolute atomic E-state index is 0.258. The van der Waals surface area contributed by atoms with Gasteiger partial charge in [-0.05, 0) is 25.8 Å². The predicted molar refractivity (Wildman–Crippen MR) is 102 cm³/mol. The Labute approximate surface area is 158 Å². The third-order valence-corrected chi connectivity index (χ3v) is 5.43. The van der Waals surface area contributed by atoms with Gasteiger partial charge >= 0.3 is 0 Å². The van der Waals surface area contributed by atoms with Gasteiger partial charge in [0.2, 0.25) is 5.13 Å². The Morgan fingerprint density at radius 1 is 1.22 bits per heavy atom. The molecule has 8 heteroatoms. The molecule has 1 fully saturated rings. The van der Waals surface area contributed by atoms with E-state index in [-0.39, 0.29) is 5.91 Å². The van der Waals surface area contributed by atoms with Gasteiger partial charge < -0.3 is 4.52 Å². The molecule has 1 aromatic carbocycles. The van der Waals surface area contributed by atoms with Gasteiger partial charge in [-0.1, -0.05) is 46.8 Å². The predicted octanol–water partition coefficient (Wildman–Crippen LogP) is 4.18. The zero-order valence-corrected chi connectivity index (χ0v) is 15.3. The lowest BCUT2D eigenvalue weighted by Crippen LogP contribution is -2.13. The number of pyridine rings is 1. The number of benzene rings is 1. The molecule has 7 nitrogen and oxygen atoms in total. The lowest BCUT2D eigenvalue weighted by atomic mass is 10.1. The molecule has 1 saturated carbocycles. The maximum atomic E-state index is 12.9. The summed E-state index contributed by atoms with van der Waals surface area (Å²) < 4.78 is 5.30. The third-order valence-electron chi connectivity index (χ3n) is 4.54. The summed E-state index contributed by atoms with van der Waals surface area (Å²) in [5, 5.41) is 16.9. The van der Waals surface area contributed by atoms with E-state index in [9.17, 15) is 4.79 Å². The van der Waals surface area contributed by atoms with E-state index in [4.69, 9.17) is 4.52 Å². The number of fused-ring (bicyclic) bond motifs is 1. The minimum Gasteiger partial charge on any atom is -0.336 e. The number of aryl methyl sites for hydroxylation is 1. The molecule has 0 aliphatic heterocycles. The molecule has 5 rings (SSSR count). The number of hydrogen-bond acceptors (Lipinski definition) is 7. The average Bonchev–Trinajstić information content (AvgIpc) is 3.34. The van der Waals surface area contributed by atoms with Crippen LogP contribution >= 0.6 is 11.3 Å². The lowest BCUT2D eigenvalue weighted by Gasteiger charge is -2.05. The molecular weight excluding hydrogens is 362 g/mol. The van der Waals surface area contributed by atoms with Crippen LogP contribution in [0, 0.1) is 6.92 Å². The number of hydrogen-bond donors (Lipinski definition) is 1. The van der Waals surface area contributed by atoms with Crippen molar-refractivity contribution in [1.29, 1.82) is 0 Å². The monoisotopic (exact) mass is 377 g/mol. The average molecular weight is 377 g/mol. The van der Waals surface area contributed by atoms with Crippen LogP contribution in [0.3, 0.4) is 0 Å². The summed E-state index contributed by atoms with van der Waals surface area (Å²) in [6.07, 6.45) is 2.17. The second-order valence-electron chi connectivity index (χ2n) is 6.55. The molecule has 1 aliphatic rings. The van der Waals surface area contributed by atoms with Crippen molar-refractivity contribution in [2.75, 3.05) is 5.32 Å². The van der Waals surface area contributed by atoms with Crippen LogP contribution in [0.4, 0.5) is 5.13 Å². The van der Waals surface area contributed by atoms with E-state index < -0.39 is 0 Å². The van der Waals surface area contributed by atoms with Crippen LogP contribution < -0.4 is 5.32 Å². The van der Waals surface area contributed by atoms with Gasteiger partial charge in [0.1, 0.15) is 5.01 Å². The number of aromatic nitrogens is 4. The van der Waals surface area contributed by atoms with E-state index in [1.807, 2.05) is 36.4 Å². The van der Waals surface area contributed by atoms with Crippen molar-refractivity contribution >= 4 is 33.5 Å². The second-order valence-corrected chi connectivity index (χ2v) is 7.53. The van der Waals surface area contributed by atoms with E-state index in [1.54, 1.807) is 6.92 Å². The molecule has 0 radical (unpaired) electrons. The first kappa shape index (κ1) is 16.1. The molecule has 27 heavy (non-hydrogen) atoms. The van der Waals surface area contributed by atoms with E-state index in [1.165, 1.54) is 11.3 Å².